The van der Waals surface area contributed by atoms with Crippen LogP contribution >= 0.6 is 15.9 Å². The fraction of sp³-hybridized carbons (Fsp3) is 0. The summed E-state index contributed by atoms with van der Waals surface area (Å²) in [7, 11) is 0. The summed E-state index contributed by atoms with van der Waals surface area (Å²) < 4.78 is 31.1. The molecule has 0 aliphatic heterocycles. The number of ether oxygens (including phenoxy) is 1. The number of benzene rings is 2. The molecule has 0 aliphatic carbocycles. The number of carbonyl (C=O) groups excluding carboxylic acids is 1. The topological polar surface area (TPSA) is 26.3 Å². The first-order valence-corrected chi connectivity index (χ1v) is 5.78. The van der Waals surface area contributed by atoms with Crippen LogP contribution < -0.4 is 4.74 Å². The number of hydrogen-bond acceptors (Lipinski definition) is 2. The van der Waals surface area contributed by atoms with Crippen LogP contribution in [0.2, 0.25) is 0 Å². The monoisotopic (exact) mass is 312 g/mol. The van der Waals surface area contributed by atoms with Crippen molar-refractivity contribution in [2.45, 2.75) is 0 Å². The van der Waals surface area contributed by atoms with Gasteiger partial charge >= 0.3 is 5.97 Å². The molecule has 0 spiro atoms. The van der Waals surface area contributed by atoms with E-state index in [-0.39, 0.29) is 11.3 Å². The molecule has 0 unspecified atom stereocenters. The lowest BCUT2D eigenvalue weighted by Gasteiger charge is -2.06. The zero-order valence-corrected chi connectivity index (χ0v) is 10.6. The predicted octanol–water partition coefficient (Wildman–Crippen LogP) is 3.95. The van der Waals surface area contributed by atoms with Crippen molar-refractivity contribution >= 4 is 21.9 Å². The van der Waals surface area contributed by atoms with Crippen LogP contribution in [0.25, 0.3) is 0 Å². The van der Waals surface area contributed by atoms with Gasteiger partial charge in [-0.2, -0.15) is 0 Å². The molecular formula is C13H7BrF2O2. The summed E-state index contributed by atoms with van der Waals surface area (Å²) in [5.74, 6) is -1.51. The van der Waals surface area contributed by atoms with E-state index in [9.17, 15) is 13.6 Å². The molecule has 0 atom stereocenters. The summed E-state index contributed by atoms with van der Waals surface area (Å²) >= 11 is 3.07. The van der Waals surface area contributed by atoms with Crippen molar-refractivity contribution < 1.29 is 18.3 Å². The number of esters is 1. The minimum atomic E-state index is -0.707. The zero-order valence-electron chi connectivity index (χ0n) is 8.99. The third-order valence-corrected chi connectivity index (χ3v) is 2.78. The van der Waals surface area contributed by atoms with Gasteiger partial charge in [-0.15, -0.1) is 0 Å². The maximum atomic E-state index is 12.9. The minimum Gasteiger partial charge on any atom is -0.422 e. The van der Waals surface area contributed by atoms with E-state index >= 15 is 0 Å². The van der Waals surface area contributed by atoms with Crippen LogP contribution in [-0.4, -0.2) is 5.97 Å². The van der Waals surface area contributed by atoms with Crippen LogP contribution in [0, 0.1) is 11.6 Å². The van der Waals surface area contributed by atoms with Gasteiger partial charge in [0.15, 0.2) is 0 Å². The zero-order chi connectivity index (χ0) is 13.1. The molecule has 0 bridgehead atoms. The maximum absolute atomic E-state index is 12.9. The highest BCUT2D eigenvalue weighted by Crippen LogP contribution is 2.26. The van der Waals surface area contributed by atoms with Gasteiger partial charge in [0.2, 0.25) is 0 Å². The Labute approximate surface area is 110 Å². The molecule has 0 heterocycles. The maximum Gasteiger partial charge on any atom is 0.343 e. The van der Waals surface area contributed by atoms with E-state index in [0.29, 0.717) is 4.47 Å². The number of halogens is 3. The molecule has 0 amide bonds. The van der Waals surface area contributed by atoms with E-state index in [4.69, 9.17) is 4.74 Å². The molecule has 5 heteroatoms. The van der Waals surface area contributed by atoms with Crippen molar-refractivity contribution in [2.24, 2.45) is 0 Å². The van der Waals surface area contributed by atoms with Gasteiger partial charge in [0.25, 0.3) is 0 Å². The van der Waals surface area contributed by atoms with Crippen molar-refractivity contribution in [3.63, 3.8) is 0 Å². The third-order valence-electron chi connectivity index (χ3n) is 2.16. The molecule has 0 aromatic heterocycles. The highest BCUT2D eigenvalue weighted by atomic mass is 79.9. The van der Waals surface area contributed by atoms with Gasteiger partial charge in [0.05, 0.1) is 10.0 Å². The lowest BCUT2D eigenvalue weighted by Crippen LogP contribution is -2.09. The van der Waals surface area contributed by atoms with Crippen LogP contribution in [-0.2, 0) is 0 Å². The lowest BCUT2D eigenvalue weighted by atomic mass is 10.2. The first kappa shape index (κ1) is 12.7. The second kappa shape index (κ2) is 5.27. The first-order chi connectivity index (χ1) is 8.56. The van der Waals surface area contributed by atoms with Gasteiger partial charge in [0, 0.05) is 0 Å². The van der Waals surface area contributed by atoms with Crippen LogP contribution in [0.3, 0.4) is 0 Å². The van der Waals surface area contributed by atoms with Crippen molar-refractivity contribution in [3.8, 4) is 5.75 Å². The van der Waals surface area contributed by atoms with E-state index in [1.54, 1.807) is 0 Å². The van der Waals surface area contributed by atoms with Crippen LogP contribution in [0.1, 0.15) is 10.4 Å². The Morgan fingerprint density at radius 1 is 1.06 bits per heavy atom. The summed E-state index contributed by atoms with van der Waals surface area (Å²) in [6, 6.07) is 8.79. The normalized spacial score (nSPS) is 10.2. The molecule has 0 radical (unpaired) electrons. The van der Waals surface area contributed by atoms with Crippen LogP contribution in [0.15, 0.2) is 46.9 Å². The first-order valence-electron chi connectivity index (χ1n) is 4.99. The Kier molecular flexibility index (Phi) is 3.72. The molecule has 0 N–H and O–H groups in total. The van der Waals surface area contributed by atoms with E-state index < -0.39 is 17.6 Å². The van der Waals surface area contributed by atoms with Crippen molar-refractivity contribution in [1.29, 1.82) is 0 Å². The highest BCUT2D eigenvalue weighted by molar-refractivity contribution is 9.10. The molecular weight excluding hydrogens is 306 g/mol. The fourth-order valence-electron chi connectivity index (χ4n) is 1.33. The minimum absolute atomic E-state index is 0.0891. The third kappa shape index (κ3) is 2.92. The molecule has 2 aromatic rings. The van der Waals surface area contributed by atoms with Gasteiger partial charge in [-0.1, -0.05) is 6.07 Å². The molecule has 2 nitrogen and oxygen atoms in total. The highest BCUT2D eigenvalue weighted by Gasteiger charge is 2.11. The van der Waals surface area contributed by atoms with E-state index in [1.807, 2.05) is 0 Å². The molecule has 2 rings (SSSR count). The second-order valence-electron chi connectivity index (χ2n) is 3.47. The fourth-order valence-corrected chi connectivity index (χ4v) is 1.76. The van der Waals surface area contributed by atoms with Gasteiger partial charge in [-0.05, 0) is 52.3 Å². The summed E-state index contributed by atoms with van der Waals surface area (Å²) in [5, 5.41) is 0. The molecule has 0 saturated carbocycles. The molecule has 18 heavy (non-hydrogen) atoms. The number of rotatable bonds is 2. The Morgan fingerprint density at radius 3 is 2.44 bits per heavy atom. The Morgan fingerprint density at radius 2 is 1.78 bits per heavy atom. The molecule has 2 aromatic carbocycles. The van der Waals surface area contributed by atoms with Gasteiger partial charge in [-0.3, -0.25) is 0 Å². The molecule has 0 fully saturated rings. The van der Waals surface area contributed by atoms with Crippen LogP contribution in [0.5, 0.6) is 5.75 Å². The summed E-state index contributed by atoms with van der Waals surface area (Å²) in [5.41, 5.74) is 0.0891. The molecule has 92 valence electrons. The quantitative estimate of drug-likeness (QED) is 0.620. The van der Waals surface area contributed by atoms with Crippen molar-refractivity contribution in [3.05, 3.63) is 64.1 Å². The van der Waals surface area contributed by atoms with Gasteiger partial charge in [-0.25, -0.2) is 13.6 Å². The summed E-state index contributed by atoms with van der Waals surface area (Å²) in [6.45, 7) is 0. The van der Waals surface area contributed by atoms with E-state index in [1.165, 1.54) is 36.4 Å². The SMILES string of the molecule is O=C(Oc1ccc(F)cc1Br)c1cccc(F)c1. The molecule has 0 saturated heterocycles. The van der Waals surface area contributed by atoms with Gasteiger partial charge < -0.3 is 4.74 Å². The standard InChI is InChI=1S/C13H7BrF2O2/c14-11-7-10(16)4-5-12(11)18-13(17)8-2-1-3-9(15)6-8/h1-7H. The number of carbonyl (C=O) groups is 1. The summed E-state index contributed by atoms with van der Waals surface area (Å²) in [6.07, 6.45) is 0. The Bertz CT molecular complexity index is 599. The predicted molar refractivity (Wildman–Crippen MR) is 65.5 cm³/mol. The van der Waals surface area contributed by atoms with Crippen molar-refractivity contribution in [2.75, 3.05) is 0 Å². The lowest BCUT2D eigenvalue weighted by molar-refractivity contribution is 0.0733. The largest absolute Gasteiger partial charge is 0.422 e. The smallest absolute Gasteiger partial charge is 0.343 e. The van der Waals surface area contributed by atoms with Crippen molar-refractivity contribution in [1.82, 2.24) is 0 Å². The molecule has 0 aliphatic rings. The van der Waals surface area contributed by atoms with Gasteiger partial charge in [0.1, 0.15) is 17.4 Å². The Hall–Kier alpha value is -1.75. The van der Waals surface area contributed by atoms with E-state index in [2.05, 4.69) is 15.9 Å². The Balaban J connectivity index is 2.21. The summed E-state index contributed by atoms with van der Waals surface area (Å²) in [4.78, 5) is 11.7. The number of hydrogen-bond donors (Lipinski definition) is 0. The van der Waals surface area contributed by atoms with E-state index in [0.717, 1.165) is 6.07 Å². The second-order valence-corrected chi connectivity index (χ2v) is 4.33. The van der Waals surface area contributed by atoms with Crippen LogP contribution in [0.4, 0.5) is 8.78 Å². The average molecular weight is 313 g/mol. The average Bonchev–Trinajstić information content (AvgIpc) is 2.32.